The van der Waals surface area contributed by atoms with Gasteiger partial charge in [-0.2, -0.15) is 0 Å². The van der Waals surface area contributed by atoms with Crippen LogP contribution in [0.3, 0.4) is 0 Å². The molecule has 0 aliphatic carbocycles. The third-order valence-electron chi connectivity index (χ3n) is 2.51. The van der Waals surface area contributed by atoms with Gasteiger partial charge in [-0.25, -0.2) is 0 Å². The lowest BCUT2D eigenvalue weighted by molar-refractivity contribution is -0.315. The number of nitrogens with two attached hydrogens (primary N) is 1. The van der Waals surface area contributed by atoms with Gasteiger partial charge in [0.25, 0.3) is 5.97 Å². The molecule has 0 fully saturated rings. The summed E-state index contributed by atoms with van der Waals surface area (Å²) in [6.07, 6.45) is 11.4. The minimum Gasteiger partial charge on any atom is -0.342 e. The van der Waals surface area contributed by atoms with Crippen molar-refractivity contribution in [2.24, 2.45) is 5.73 Å². The molecule has 0 amide bonds. The number of unbranched alkanes of at least 4 members (excludes halogenated alkanes) is 6. The van der Waals surface area contributed by atoms with Gasteiger partial charge in [0.15, 0.2) is 0 Å². The Morgan fingerprint density at radius 1 is 1.06 bits per heavy atom. The molecule has 16 heavy (non-hydrogen) atoms. The molecule has 5 N–H and O–H groups in total. The largest absolute Gasteiger partial charge is 0.342 e. The molecule has 0 aliphatic heterocycles. The average molecular weight is 231 g/mol. The van der Waals surface area contributed by atoms with Gasteiger partial charge in [0.2, 0.25) is 0 Å². The van der Waals surface area contributed by atoms with Crippen LogP contribution in [0.4, 0.5) is 0 Å². The van der Waals surface area contributed by atoms with E-state index in [1.165, 1.54) is 38.2 Å². The Labute approximate surface area is 97.8 Å². The van der Waals surface area contributed by atoms with Crippen molar-refractivity contribution in [1.29, 1.82) is 0 Å². The molecule has 0 aliphatic rings. The average Bonchev–Trinajstić information content (AvgIpc) is 2.20. The molecule has 0 heterocycles. The number of rotatable bonds is 9. The predicted octanol–water partition coefficient (Wildman–Crippen LogP) is 1.25. The highest BCUT2D eigenvalue weighted by atomic mass is 16.7. The first-order valence-corrected chi connectivity index (χ1v) is 6.07. The molecule has 4 heteroatoms. The number of allylic oxidation sites excluding steroid dienone is 1. The summed E-state index contributed by atoms with van der Waals surface area (Å²) in [6, 6.07) is -1.15. The van der Waals surface area contributed by atoms with E-state index in [1.807, 2.05) is 0 Å². The van der Waals surface area contributed by atoms with Crippen molar-refractivity contribution >= 4 is 0 Å². The fraction of sp³-hybridized carbons (Fsp3) is 0.833. The van der Waals surface area contributed by atoms with Crippen LogP contribution in [0.1, 0.15) is 51.9 Å². The van der Waals surface area contributed by atoms with Crippen LogP contribution in [0, 0.1) is 0 Å². The van der Waals surface area contributed by atoms with Crippen LogP contribution in [0.2, 0.25) is 0 Å². The van der Waals surface area contributed by atoms with E-state index in [-0.39, 0.29) is 0 Å². The van der Waals surface area contributed by atoms with Crippen molar-refractivity contribution in [2.75, 3.05) is 0 Å². The molecule has 0 radical (unpaired) electrons. The first-order chi connectivity index (χ1) is 7.48. The third kappa shape index (κ3) is 8.85. The lowest BCUT2D eigenvalue weighted by Crippen LogP contribution is -2.46. The van der Waals surface area contributed by atoms with Gasteiger partial charge >= 0.3 is 0 Å². The molecular formula is C12H25NO3. The first kappa shape index (κ1) is 15.6. The fourth-order valence-corrected chi connectivity index (χ4v) is 1.41. The molecule has 0 saturated heterocycles. The standard InChI is InChI=1S/C12H25NO3/c1-2-3-4-5-6-7-8-9-10-11(13)12(14,15)16/h9-11,14-16H,2-8,13H2,1H3. The van der Waals surface area contributed by atoms with Crippen LogP contribution < -0.4 is 5.73 Å². The summed E-state index contributed by atoms with van der Waals surface area (Å²) in [5.41, 5.74) is 5.29. The van der Waals surface area contributed by atoms with Crippen molar-refractivity contribution < 1.29 is 15.3 Å². The Kier molecular flexibility index (Phi) is 8.47. The topological polar surface area (TPSA) is 86.7 Å². The zero-order chi connectivity index (χ0) is 12.4. The van der Waals surface area contributed by atoms with E-state index in [9.17, 15) is 0 Å². The van der Waals surface area contributed by atoms with Crippen molar-refractivity contribution in [1.82, 2.24) is 0 Å². The highest BCUT2D eigenvalue weighted by molar-refractivity contribution is 4.94. The van der Waals surface area contributed by atoms with E-state index in [2.05, 4.69) is 6.92 Å². The van der Waals surface area contributed by atoms with Crippen LogP contribution in [-0.4, -0.2) is 27.3 Å². The summed E-state index contributed by atoms with van der Waals surface area (Å²) in [5, 5.41) is 26.2. The molecule has 1 atom stereocenters. The van der Waals surface area contributed by atoms with Crippen molar-refractivity contribution in [2.45, 2.75) is 63.9 Å². The Bertz CT molecular complexity index is 187. The van der Waals surface area contributed by atoms with Gasteiger partial charge in [0, 0.05) is 0 Å². The number of hydrogen-bond donors (Lipinski definition) is 4. The second kappa shape index (κ2) is 8.70. The highest BCUT2D eigenvalue weighted by Crippen LogP contribution is 2.08. The Hall–Kier alpha value is -0.420. The SMILES string of the molecule is CCCCCCCCC=CC(N)C(O)(O)O. The van der Waals surface area contributed by atoms with E-state index < -0.39 is 12.0 Å². The predicted molar refractivity (Wildman–Crippen MR) is 64.5 cm³/mol. The van der Waals surface area contributed by atoms with E-state index in [1.54, 1.807) is 6.08 Å². The Morgan fingerprint density at radius 3 is 2.19 bits per heavy atom. The van der Waals surface area contributed by atoms with E-state index >= 15 is 0 Å². The van der Waals surface area contributed by atoms with Crippen LogP contribution in [0.5, 0.6) is 0 Å². The molecule has 0 aromatic heterocycles. The van der Waals surface area contributed by atoms with Crippen LogP contribution in [-0.2, 0) is 0 Å². The molecule has 0 aromatic carbocycles. The summed E-state index contributed by atoms with van der Waals surface area (Å²) < 4.78 is 0. The molecular weight excluding hydrogens is 206 g/mol. The molecule has 4 nitrogen and oxygen atoms in total. The Balaban J connectivity index is 3.41. The van der Waals surface area contributed by atoms with Gasteiger partial charge in [-0.1, -0.05) is 51.2 Å². The van der Waals surface area contributed by atoms with Crippen LogP contribution in [0.15, 0.2) is 12.2 Å². The first-order valence-electron chi connectivity index (χ1n) is 6.07. The van der Waals surface area contributed by atoms with Gasteiger partial charge in [0.05, 0.1) is 0 Å². The summed E-state index contributed by atoms with van der Waals surface area (Å²) in [7, 11) is 0. The van der Waals surface area contributed by atoms with Crippen LogP contribution in [0.25, 0.3) is 0 Å². The summed E-state index contributed by atoms with van der Waals surface area (Å²) in [4.78, 5) is 0. The van der Waals surface area contributed by atoms with Gasteiger partial charge < -0.3 is 21.1 Å². The van der Waals surface area contributed by atoms with Gasteiger partial charge in [0.1, 0.15) is 6.04 Å². The molecule has 0 aromatic rings. The molecule has 96 valence electrons. The summed E-state index contributed by atoms with van der Waals surface area (Å²) in [5.74, 6) is -2.81. The van der Waals surface area contributed by atoms with Crippen molar-refractivity contribution in [3.8, 4) is 0 Å². The van der Waals surface area contributed by atoms with Gasteiger partial charge in [-0.3, -0.25) is 0 Å². The van der Waals surface area contributed by atoms with Crippen LogP contribution >= 0.6 is 0 Å². The third-order valence-corrected chi connectivity index (χ3v) is 2.51. The quantitative estimate of drug-likeness (QED) is 0.273. The zero-order valence-electron chi connectivity index (χ0n) is 10.1. The highest BCUT2D eigenvalue weighted by Gasteiger charge is 2.25. The molecule has 1 unspecified atom stereocenters. The monoisotopic (exact) mass is 231 g/mol. The normalized spacial score (nSPS) is 14.6. The minimum atomic E-state index is -2.81. The lowest BCUT2D eigenvalue weighted by Gasteiger charge is -2.18. The molecule has 0 rings (SSSR count). The molecule has 0 bridgehead atoms. The van der Waals surface area contributed by atoms with Gasteiger partial charge in [-0.15, -0.1) is 0 Å². The fourth-order valence-electron chi connectivity index (χ4n) is 1.41. The van der Waals surface area contributed by atoms with Gasteiger partial charge in [-0.05, 0) is 12.8 Å². The second-order valence-corrected chi connectivity index (χ2v) is 4.20. The second-order valence-electron chi connectivity index (χ2n) is 4.20. The lowest BCUT2D eigenvalue weighted by atomic mass is 10.1. The van der Waals surface area contributed by atoms with E-state index in [4.69, 9.17) is 21.1 Å². The summed E-state index contributed by atoms with van der Waals surface area (Å²) >= 11 is 0. The smallest absolute Gasteiger partial charge is 0.295 e. The zero-order valence-corrected chi connectivity index (χ0v) is 10.1. The minimum absolute atomic E-state index is 0.857. The maximum atomic E-state index is 8.72. The molecule has 0 saturated carbocycles. The van der Waals surface area contributed by atoms with E-state index in [0.29, 0.717) is 0 Å². The van der Waals surface area contributed by atoms with Crippen molar-refractivity contribution in [3.05, 3.63) is 12.2 Å². The summed E-state index contributed by atoms with van der Waals surface area (Å²) in [6.45, 7) is 2.19. The number of aliphatic hydroxyl groups is 3. The van der Waals surface area contributed by atoms with Crippen molar-refractivity contribution in [3.63, 3.8) is 0 Å². The molecule has 0 spiro atoms. The number of hydrogen-bond acceptors (Lipinski definition) is 4. The maximum absolute atomic E-state index is 8.72. The Morgan fingerprint density at radius 2 is 1.62 bits per heavy atom. The van der Waals surface area contributed by atoms with E-state index in [0.717, 1.165) is 12.8 Å². The maximum Gasteiger partial charge on any atom is 0.295 e.